The standard InChI is InChI=1S/C20H24N2O3S3/c1-4-25-11-10-22(28(23,24)18-9-6-12-27-18)17-8-5-7-15-13-16(21-19(15)17)20(26)14(2)3/h5-9,12-14,21H,4,10-11H2,1-3H3. The third-order valence-electron chi connectivity index (χ3n) is 4.38. The Kier molecular flexibility index (Phi) is 6.54. The van der Waals surface area contributed by atoms with Crippen LogP contribution in [0.15, 0.2) is 46.0 Å². The zero-order chi connectivity index (χ0) is 20.3. The van der Waals surface area contributed by atoms with Crippen molar-refractivity contribution < 1.29 is 13.2 Å². The van der Waals surface area contributed by atoms with Crippen LogP contribution in [0, 0.1) is 5.92 Å². The van der Waals surface area contributed by atoms with Gasteiger partial charge in [-0.2, -0.15) is 0 Å². The molecule has 28 heavy (non-hydrogen) atoms. The van der Waals surface area contributed by atoms with Gasteiger partial charge in [0.05, 0.1) is 30.0 Å². The Morgan fingerprint density at radius 1 is 1.29 bits per heavy atom. The van der Waals surface area contributed by atoms with E-state index in [4.69, 9.17) is 17.0 Å². The van der Waals surface area contributed by atoms with Crippen molar-refractivity contribution in [2.75, 3.05) is 24.1 Å². The third kappa shape index (κ3) is 4.15. The number of para-hydroxylation sites is 1. The van der Waals surface area contributed by atoms with E-state index in [1.165, 1.54) is 15.6 Å². The average Bonchev–Trinajstić information content (AvgIpc) is 3.34. The maximum atomic E-state index is 13.3. The summed E-state index contributed by atoms with van der Waals surface area (Å²) < 4.78 is 33.8. The number of aromatic nitrogens is 1. The minimum atomic E-state index is -3.69. The molecule has 0 aliphatic rings. The predicted molar refractivity (Wildman–Crippen MR) is 120 cm³/mol. The first-order valence-electron chi connectivity index (χ1n) is 9.16. The van der Waals surface area contributed by atoms with Gasteiger partial charge in [0.2, 0.25) is 0 Å². The van der Waals surface area contributed by atoms with Crippen LogP contribution >= 0.6 is 23.6 Å². The number of sulfonamides is 1. The Morgan fingerprint density at radius 2 is 2.07 bits per heavy atom. The Hall–Kier alpha value is -1.74. The highest BCUT2D eigenvalue weighted by atomic mass is 32.2. The molecule has 0 radical (unpaired) electrons. The molecule has 3 aromatic rings. The molecule has 2 aromatic heterocycles. The van der Waals surface area contributed by atoms with Gasteiger partial charge < -0.3 is 9.72 Å². The molecule has 1 aromatic carbocycles. The number of nitrogens with one attached hydrogen (secondary N) is 1. The number of thiocarbonyl (C=S) groups is 1. The Labute approximate surface area is 175 Å². The van der Waals surface area contributed by atoms with Gasteiger partial charge in [-0.1, -0.05) is 44.3 Å². The maximum Gasteiger partial charge on any atom is 0.273 e. The summed E-state index contributed by atoms with van der Waals surface area (Å²) in [4.78, 5) is 4.17. The molecule has 0 spiro atoms. The van der Waals surface area contributed by atoms with Gasteiger partial charge in [0.1, 0.15) is 4.21 Å². The summed E-state index contributed by atoms with van der Waals surface area (Å²) in [6.45, 7) is 7.07. The van der Waals surface area contributed by atoms with Crippen molar-refractivity contribution in [3.63, 3.8) is 0 Å². The second-order valence-corrected chi connectivity index (χ2v) is 10.1. The smallest absolute Gasteiger partial charge is 0.273 e. The van der Waals surface area contributed by atoms with Gasteiger partial charge in [-0.3, -0.25) is 4.31 Å². The molecule has 5 nitrogen and oxygen atoms in total. The van der Waals surface area contributed by atoms with Crippen LogP contribution in [-0.2, 0) is 14.8 Å². The minimum absolute atomic E-state index is 0.218. The van der Waals surface area contributed by atoms with Crippen molar-refractivity contribution in [2.24, 2.45) is 5.92 Å². The number of hydrogen-bond donors (Lipinski definition) is 1. The molecule has 1 N–H and O–H groups in total. The predicted octanol–water partition coefficient (Wildman–Crippen LogP) is 4.84. The maximum absolute atomic E-state index is 13.3. The highest BCUT2D eigenvalue weighted by Crippen LogP contribution is 2.32. The molecule has 0 aliphatic heterocycles. The molecular weight excluding hydrogens is 412 g/mol. The van der Waals surface area contributed by atoms with Crippen molar-refractivity contribution in [3.8, 4) is 0 Å². The molecule has 0 saturated heterocycles. The number of nitrogens with zero attached hydrogens (tertiary/aromatic N) is 1. The summed E-state index contributed by atoms with van der Waals surface area (Å²) in [5.74, 6) is 0.218. The van der Waals surface area contributed by atoms with Gasteiger partial charge >= 0.3 is 0 Å². The second kappa shape index (κ2) is 8.73. The van der Waals surface area contributed by atoms with E-state index in [1.54, 1.807) is 17.5 Å². The van der Waals surface area contributed by atoms with Gasteiger partial charge in [0.25, 0.3) is 10.0 Å². The SMILES string of the molecule is CCOCCN(c1cccc2cc(C(=S)C(C)C)[nH]c12)S(=O)(=O)c1cccs1. The molecule has 150 valence electrons. The Morgan fingerprint density at radius 3 is 2.71 bits per heavy atom. The summed E-state index contributed by atoms with van der Waals surface area (Å²) in [6.07, 6.45) is 0. The topological polar surface area (TPSA) is 62.4 Å². The van der Waals surface area contributed by atoms with E-state index in [0.29, 0.717) is 23.1 Å². The number of aromatic amines is 1. The average molecular weight is 437 g/mol. The molecule has 0 bridgehead atoms. The van der Waals surface area contributed by atoms with E-state index in [0.717, 1.165) is 21.5 Å². The van der Waals surface area contributed by atoms with Crippen molar-refractivity contribution in [1.29, 1.82) is 0 Å². The fourth-order valence-electron chi connectivity index (χ4n) is 2.97. The van der Waals surface area contributed by atoms with E-state index in [2.05, 4.69) is 4.98 Å². The molecular formula is C20H24N2O3S3. The number of H-pyrrole nitrogens is 1. The van der Waals surface area contributed by atoms with Gasteiger partial charge in [-0.05, 0) is 36.4 Å². The minimum Gasteiger partial charge on any atom is -0.380 e. The number of anilines is 1. The zero-order valence-corrected chi connectivity index (χ0v) is 18.6. The number of rotatable bonds is 9. The number of hydrogen-bond acceptors (Lipinski definition) is 5. The number of fused-ring (bicyclic) bond motifs is 1. The van der Waals surface area contributed by atoms with Gasteiger partial charge in [-0.15, -0.1) is 11.3 Å². The highest BCUT2D eigenvalue weighted by molar-refractivity contribution is 7.94. The monoisotopic (exact) mass is 436 g/mol. The van der Waals surface area contributed by atoms with Crippen molar-refractivity contribution in [1.82, 2.24) is 4.98 Å². The van der Waals surface area contributed by atoms with Gasteiger partial charge in [-0.25, -0.2) is 8.42 Å². The zero-order valence-electron chi connectivity index (χ0n) is 16.1. The van der Waals surface area contributed by atoms with E-state index in [1.807, 2.05) is 45.0 Å². The summed E-state index contributed by atoms with van der Waals surface area (Å²) in [5.41, 5.74) is 2.21. The highest BCUT2D eigenvalue weighted by Gasteiger charge is 2.27. The van der Waals surface area contributed by atoms with E-state index >= 15 is 0 Å². The van der Waals surface area contributed by atoms with Crippen LogP contribution in [0.25, 0.3) is 10.9 Å². The summed E-state index contributed by atoms with van der Waals surface area (Å²) in [7, 11) is -3.69. The Balaban J connectivity index is 2.11. The van der Waals surface area contributed by atoms with Crippen LogP contribution in [0.4, 0.5) is 5.69 Å². The lowest BCUT2D eigenvalue weighted by atomic mass is 10.1. The van der Waals surface area contributed by atoms with Crippen LogP contribution in [0.3, 0.4) is 0 Å². The van der Waals surface area contributed by atoms with Crippen LogP contribution in [-0.4, -0.2) is 38.0 Å². The molecule has 0 saturated carbocycles. The van der Waals surface area contributed by atoms with E-state index < -0.39 is 10.0 Å². The first-order chi connectivity index (χ1) is 13.4. The van der Waals surface area contributed by atoms with Gasteiger partial charge in [0, 0.05) is 16.9 Å². The number of thiophene rings is 1. The van der Waals surface area contributed by atoms with Gasteiger partial charge in [0.15, 0.2) is 0 Å². The first-order valence-corrected chi connectivity index (χ1v) is 11.9. The molecule has 0 aliphatic carbocycles. The number of benzene rings is 1. The summed E-state index contributed by atoms with van der Waals surface area (Å²) in [6, 6.07) is 11.0. The lowest BCUT2D eigenvalue weighted by Gasteiger charge is -2.24. The van der Waals surface area contributed by atoms with E-state index in [9.17, 15) is 8.42 Å². The first kappa shape index (κ1) is 21.0. The largest absolute Gasteiger partial charge is 0.380 e. The molecule has 0 fully saturated rings. The van der Waals surface area contributed by atoms with E-state index in [-0.39, 0.29) is 12.5 Å². The van der Waals surface area contributed by atoms with Crippen molar-refractivity contribution in [3.05, 3.63) is 47.5 Å². The Bertz CT molecular complexity index is 1050. The molecule has 8 heteroatoms. The summed E-state index contributed by atoms with van der Waals surface area (Å²) >= 11 is 6.75. The van der Waals surface area contributed by atoms with Crippen LogP contribution in [0.5, 0.6) is 0 Å². The van der Waals surface area contributed by atoms with Crippen LogP contribution < -0.4 is 4.31 Å². The molecule has 0 atom stereocenters. The normalized spacial score (nSPS) is 12.0. The molecule has 3 rings (SSSR count). The van der Waals surface area contributed by atoms with Crippen LogP contribution in [0.1, 0.15) is 26.5 Å². The fourth-order valence-corrected chi connectivity index (χ4v) is 5.65. The van der Waals surface area contributed by atoms with Crippen molar-refractivity contribution in [2.45, 2.75) is 25.0 Å². The quantitative estimate of drug-likeness (QED) is 0.296. The second-order valence-electron chi connectivity index (χ2n) is 6.65. The number of ether oxygens (including phenoxy) is 1. The molecule has 0 amide bonds. The lowest BCUT2D eigenvalue weighted by Crippen LogP contribution is -2.34. The van der Waals surface area contributed by atoms with Crippen LogP contribution in [0.2, 0.25) is 0 Å². The summed E-state index contributed by atoms with van der Waals surface area (Å²) in [5, 5.41) is 2.69. The third-order valence-corrected chi connectivity index (χ3v) is 8.25. The van der Waals surface area contributed by atoms with Crippen molar-refractivity contribution >= 4 is 55.0 Å². The molecule has 2 heterocycles. The molecule has 0 unspecified atom stereocenters. The fraction of sp³-hybridized carbons (Fsp3) is 0.350. The lowest BCUT2D eigenvalue weighted by molar-refractivity contribution is 0.156.